The number of rotatable bonds is 4. The SMILES string of the molecule is CC1(C)[C@H]2CC[C@]1(C)C(=O)[C@H]2C=Nc1ccccc1N=C[C@H]1C(=O)[C@H]2CC[C@@]1(C)C2(C)C. The highest BCUT2D eigenvalue weighted by Gasteiger charge is 2.66. The summed E-state index contributed by atoms with van der Waals surface area (Å²) in [6.07, 6.45) is 7.91. The molecule has 170 valence electrons. The molecule has 4 nitrogen and oxygen atoms in total. The first kappa shape index (κ1) is 21.7. The van der Waals surface area contributed by atoms with Crippen LogP contribution in [-0.4, -0.2) is 24.0 Å². The highest BCUT2D eigenvalue weighted by atomic mass is 16.1. The van der Waals surface area contributed by atoms with Gasteiger partial charge in [-0.1, -0.05) is 53.7 Å². The lowest BCUT2D eigenvalue weighted by Crippen LogP contribution is -2.34. The summed E-state index contributed by atoms with van der Waals surface area (Å²) in [5.41, 5.74) is 1.29. The van der Waals surface area contributed by atoms with E-state index >= 15 is 0 Å². The molecule has 0 N–H and O–H groups in total. The van der Waals surface area contributed by atoms with Gasteiger partial charge in [0.1, 0.15) is 11.6 Å². The van der Waals surface area contributed by atoms with Gasteiger partial charge in [0.15, 0.2) is 0 Å². The van der Waals surface area contributed by atoms with Gasteiger partial charge >= 0.3 is 0 Å². The Kier molecular flexibility index (Phi) is 4.56. The fourth-order valence-corrected chi connectivity index (χ4v) is 7.67. The molecule has 4 aliphatic rings. The van der Waals surface area contributed by atoms with E-state index in [9.17, 15) is 9.59 Å². The Labute approximate surface area is 192 Å². The minimum absolute atomic E-state index is 0.0167. The zero-order chi connectivity index (χ0) is 23.1. The molecule has 1 aromatic carbocycles. The van der Waals surface area contributed by atoms with Gasteiger partial charge in [0, 0.05) is 23.8 Å². The number of fused-ring (bicyclic) bond motifs is 4. The molecular weight excluding hydrogens is 396 g/mol. The van der Waals surface area contributed by atoms with E-state index in [0.29, 0.717) is 17.5 Å². The number of hydrogen-bond donors (Lipinski definition) is 0. The molecule has 0 spiro atoms. The number of para-hydroxylation sites is 2. The van der Waals surface area contributed by atoms with Crippen LogP contribution in [0.2, 0.25) is 0 Å². The molecule has 4 bridgehead atoms. The highest BCUT2D eigenvalue weighted by Crippen LogP contribution is 2.66. The van der Waals surface area contributed by atoms with Crippen LogP contribution in [0.25, 0.3) is 0 Å². The molecule has 4 saturated carbocycles. The molecule has 32 heavy (non-hydrogen) atoms. The third kappa shape index (κ3) is 2.55. The van der Waals surface area contributed by atoms with Crippen LogP contribution in [0.3, 0.4) is 0 Å². The second-order valence-corrected chi connectivity index (χ2v) is 12.2. The average Bonchev–Trinajstić information content (AvgIpc) is 3.22. The molecule has 0 aliphatic heterocycles. The van der Waals surface area contributed by atoms with E-state index in [1.165, 1.54) is 0 Å². The van der Waals surface area contributed by atoms with Crippen molar-refractivity contribution < 1.29 is 9.59 Å². The van der Waals surface area contributed by atoms with Gasteiger partial charge < -0.3 is 0 Å². The molecule has 0 unspecified atom stereocenters. The van der Waals surface area contributed by atoms with E-state index in [4.69, 9.17) is 9.98 Å². The van der Waals surface area contributed by atoms with Crippen LogP contribution in [0, 0.1) is 45.3 Å². The molecule has 0 saturated heterocycles. The monoisotopic (exact) mass is 432 g/mol. The molecule has 4 fully saturated rings. The summed E-state index contributed by atoms with van der Waals surface area (Å²) in [6.45, 7) is 13.3. The zero-order valence-corrected chi connectivity index (χ0v) is 20.3. The fraction of sp³-hybridized carbons (Fsp3) is 0.643. The number of aliphatic imine (C=N–C) groups is 2. The molecule has 4 heteroatoms. The summed E-state index contributed by atoms with van der Waals surface area (Å²) >= 11 is 0. The Morgan fingerprint density at radius 3 is 2.00 bits per heavy atom. The molecule has 4 aliphatic carbocycles. The Bertz CT molecular complexity index is 1050. The van der Waals surface area contributed by atoms with Crippen LogP contribution in [0.4, 0.5) is 11.4 Å². The number of carbonyl (C=O) groups is 2. The fourth-order valence-electron chi connectivity index (χ4n) is 7.67. The minimum atomic E-state index is -0.240. The summed E-state index contributed by atoms with van der Waals surface area (Å²) in [5, 5.41) is 0. The predicted molar refractivity (Wildman–Crippen MR) is 129 cm³/mol. The smallest absolute Gasteiger partial charge is 0.147 e. The van der Waals surface area contributed by atoms with E-state index in [0.717, 1.165) is 37.1 Å². The Morgan fingerprint density at radius 1 is 0.844 bits per heavy atom. The lowest BCUT2D eigenvalue weighted by Gasteiger charge is -2.36. The zero-order valence-electron chi connectivity index (χ0n) is 20.3. The molecular formula is C28H36N2O2. The molecule has 0 heterocycles. The quantitative estimate of drug-likeness (QED) is 0.519. The molecule has 5 rings (SSSR count). The maximum absolute atomic E-state index is 13.2. The van der Waals surface area contributed by atoms with Crippen molar-refractivity contribution >= 4 is 35.4 Å². The number of ketones is 2. The number of Topliss-reactive ketones (excluding diaryl/α,β-unsaturated/α-hetero) is 2. The molecule has 0 amide bonds. The minimum Gasteiger partial charge on any atom is -0.299 e. The first-order chi connectivity index (χ1) is 14.9. The van der Waals surface area contributed by atoms with Gasteiger partial charge in [-0.25, -0.2) is 0 Å². The molecule has 1 aromatic rings. The van der Waals surface area contributed by atoms with Gasteiger partial charge in [-0.2, -0.15) is 0 Å². The Balaban J connectivity index is 1.41. The van der Waals surface area contributed by atoms with E-state index in [1.807, 2.05) is 36.7 Å². The average molecular weight is 433 g/mol. The predicted octanol–water partition coefficient (Wildman–Crippen LogP) is 6.37. The van der Waals surface area contributed by atoms with Crippen LogP contribution in [0.1, 0.15) is 67.2 Å². The highest BCUT2D eigenvalue weighted by molar-refractivity contribution is 6.03. The van der Waals surface area contributed by atoms with Crippen molar-refractivity contribution in [1.82, 2.24) is 0 Å². The molecule has 0 aromatic heterocycles. The number of benzene rings is 1. The Hall–Kier alpha value is -2.10. The maximum atomic E-state index is 13.2. The second kappa shape index (κ2) is 6.71. The van der Waals surface area contributed by atoms with Crippen LogP contribution in [0.15, 0.2) is 34.3 Å². The summed E-state index contributed by atoms with van der Waals surface area (Å²) in [4.78, 5) is 35.7. The normalized spacial score (nSPS) is 41.6. The maximum Gasteiger partial charge on any atom is 0.147 e. The third-order valence-electron chi connectivity index (χ3n) is 10.8. The third-order valence-corrected chi connectivity index (χ3v) is 10.8. The van der Waals surface area contributed by atoms with E-state index < -0.39 is 0 Å². The van der Waals surface area contributed by atoms with Crippen molar-refractivity contribution in [1.29, 1.82) is 0 Å². The van der Waals surface area contributed by atoms with Crippen LogP contribution < -0.4 is 0 Å². The topological polar surface area (TPSA) is 58.9 Å². The van der Waals surface area contributed by atoms with Crippen LogP contribution >= 0.6 is 0 Å². The largest absolute Gasteiger partial charge is 0.299 e. The Morgan fingerprint density at radius 2 is 1.47 bits per heavy atom. The van der Waals surface area contributed by atoms with Gasteiger partial charge in [-0.15, -0.1) is 0 Å². The second-order valence-electron chi connectivity index (χ2n) is 12.2. The van der Waals surface area contributed by atoms with Crippen molar-refractivity contribution in [3.05, 3.63) is 24.3 Å². The number of nitrogens with zero attached hydrogens (tertiary/aromatic N) is 2. The van der Waals surface area contributed by atoms with Crippen molar-refractivity contribution in [3.63, 3.8) is 0 Å². The van der Waals surface area contributed by atoms with Gasteiger partial charge in [0.25, 0.3) is 0 Å². The van der Waals surface area contributed by atoms with Crippen molar-refractivity contribution in [2.45, 2.75) is 67.2 Å². The first-order valence-electron chi connectivity index (χ1n) is 12.2. The van der Waals surface area contributed by atoms with Crippen molar-refractivity contribution in [2.24, 2.45) is 55.3 Å². The first-order valence-corrected chi connectivity index (χ1v) is 12.2. The lowest BCUT2D eigenvalue weighted by atomic mass is 9.67. The van der Waals surface area contributed by atoms with E-state index in [1.54, 1.807) is 0 Å². The van der Waals surface area contributed by atoms with Gasteiger partial charge in [0.05, 0.1) is 23.2 Å². The van der Waals surface area contributed by atoms with Crippen LogP contribution in [-0.2, 0) is 9.59 Å². The summed E-state index contributed by atoms with van der Waals surface area (Å²) in [7, 11) is 0. The van der Waals surface area contributed by atoms with Gasteiger partial charge in [-0.3, -0.25) is 19.6 Å². The summed E-state index contributed by atoms with van der Waals surface area (Å²) in [6, 6.07) is 7.80. The molecule has 0 radical (unpaired) electrons. The standard InChI is InChI=1S/C28H36N2O2/c1-25(2)18-11-14-28(25,6)24(32)17(18)15-29-21-9-7-8-10-22(21)30-16-20-23(31)19-12-13-27(20,5)26(19,3)4/h7-10,15-20H,11-14H2,1-6H3/t17-,18-,19+,20-,27+,28+/m0/s1. The van der Waals surface area contributed by atoms with E-state index in [2.05, 4.69) is 41.5 Å². The molecule has 6 atom stereocenters. The van der Waals surface area contributed by atoms with E-state index in [-0.39, 0.29) is 39.4 Å². The van der Waals surface area contributed by atoms with Gasteiger partial charge in [0.2, 0.25) is 0 Å². The van der Waals surface area contributed by atoms with Gasteiger partial charge in [-0.05, 0) is 60.0 Å². The van der Waals surface area contributed by atoms with Crippen molar-refractivity contribution in [3.8, 4) is 0 Å². The summed E-state index contributed by atoms with van der Waals surface area (Å²) in [5.74, 6) is 0.926. The lowest BCUT2D eigenvalue weighted by molar-refractivity contribution is -0.129. The van der Waals surface area contributed by atoms with Crippen molar-refractivity contribution in [2.75, 3.05) is 0 Å². The van der Waals surface area contributed by atoms with Crippen LogP contribution in [0.5, 0.6) is 0 Å². The number of hydrogen-bond acceptors (Lipinski definition) is 4. The number of carbonyl (C=O) groups excluding carboxylic acids is 2. The summed E-state index contributed by atoms with van der Waals surface area (Å²) < 4.78 is 0.